The number of aryl methyl sites for hydroxylation is 1. The number of aliphatic hydroxyl groups is 2. The first kappa shape index (κ1) is 30.6. The summed E-state index contributed by atoms with van der Waals surface area (Å²) in [5, 5.41) is 29.1. The van der Waals surface area contributed by atoms with Gasteiger partial charge < -0.3 is 28.9 Å². The van der Waals surface area contributed by atoms with Crippen molar-refractivity contribution in [2.75, 3.05) is 0 Å². The Bertz CT molecular complexity index is 1380. The molecule has 2 aliphatic carbocycles. The lowest BCUT2D eigenvalue weighted by Crippen LogP contribution is -2.86. The van der Waals surface area contributed by atoms with E-state index in [1.54, 1.807) is 20.8 Å². The van der Waals surface area contributed by atoms with E-state index >= 15 is 0 Å². The van der Waals surface area contributed by atoms with E-state index in [4.69, 9.17) is 18.7 Å². The number of rotatable bonds is 6. The maximum atomic E-state index is 14.3. The molecule has 1 aromatic heterocycles. The summed E-state index contributed by atoms with van der Waals surface area (Å²) in [4.78, 5) is 26.6. The van der Waals surface area contributed by atoms with E-state index in [2.05, 4.69) is 11.7 Å². The van der Waals surface area contributed by atoms with E-state index in [0.29, 0.717) is 24.3 Å². The molecule has 1 aromatic carbocycles. The number of ketones is 1. The average molecular weight is 582 g/mol. The quantitative estimate of drug-likeness (QED) is 0.368. The third kappa shape index (κ3) is 4.39. The van der Waals surface area contributed by atoms with Gasteiger partial charge in [-0.2, -0.15) is 0 Å². The molecule has 42 heavy (non-hydrogen) atoms. The number of esters is 1. The van der Waals surface area contributed by atoms with Gasteiger partial charge in [-0.3, -0.25) is 9.59 Å². The van der Waals surface area contributed by atoms with Crippen molar-refractivity contribution in [2.45, 2.75) is 109 Å². The molecule has 8 atom stereocenters. The Morgan fingerprint density at radius 3 is 2.48 bits per heavy atom. The summed E-state index contributed by atoms with van der Waals surface area (Å²) in [6.45, 7) is 16.2. The Labute approximate surface area is 247 Å². The van der Waals surface area contributed by atoms with Gasteiger partial charge in [-0.25, -0.2) is 0 Å². The lowest BCUT2D eigenvalue weighted by Gasteiger charge is -2.71. The fourth-order valence-electron chi connectivity index (χ4n) is 8.32. The predicted molar refractivity (Wildman–Crippen MR) is 154 cm³/mol. The SMILES string of the molecule is C=C[C@@]1(C)CC(=O)[C@]2(O)[C@@]3(C)[C@@H](OCc4cc(-c5ccc(C)cc5)no4)CCC(C)(C)[C@@H]3[C@H](O)[C@H](OC(C)=O)[C@@]2(C)O1. The third-order valence-electron chi connectivity index (χ3n) is 10.3. The summed E-state index contributed by atoms with van der Waals surface area (Å²) in [7, 11) is 0. The van der Waals surface area contributed by atoms with Gasteiger partial charge in [0.15, 0.2) is 23.2 Å². The molecular weight excluding hydrogens is 538 g/mol. The molecule has 0 spiro atoms. The van der Waals surface area contributed by atoms with Crippen LogP contribution in [0.2, 0.25) is 0 Å². The van der Waals surface area contributed by atoms with Gasteiger partial charge in [0.05, 0.1) is 17.8 Å². The van der Waals surface area contributed by atoms with Crippen molar-refractivity contribution < 1.29 is 38.5 Å². The number of nitrogens with zero attached hydrogens (tertiary/aromatic N) is 1. The van der Waals surface area contributed by atoms with E-state index < -0.39 is 63.6 Å². The molecule has 5 rings (SSSR count). The number of fused-ring (bicyclic) bond motifs is 3. The van der Waals surface area contributed by atoms with E-state index in [9.17, 15) is 19.8 Å². The van der Waals surface area contributed by atoms with Crippen LogP contribution in [-0.2, 0) is 30.4 Å². The molecule has 0 bridgehead atoms. The molecule has 0 amide bonds. The second-order valence-corrected chi connectivity index (χ2v) is 13.7. The molecule has 2 N–H and O–H groups in total. The normalized spacial score (nSPS) is 39.2. The standard InChI is InChI=1S/C33H43NO8/c1-9-30(6)17-24(36)33(38)31(7)25(39-18-22-16-23(34-41-22)21-12-10-19(2)11-13-21)14-15-29(4,5)27(31)26(37)28(40-20(3)35)32(33,8)42-30/h9-13,16,25-28,37-38H,1,14-15,17-18H2,2-8H3/t25-,26-,27-,28-,30-,31-,32+,33-/m0/s1. The van der Waals surface area contributed by atoms with Gasteiger partial charge >= 0.3 is 5.97 Å². The average Bonchev–Trinajstić information content (AvgIpc) is 3.38. The topological polar surface area (TPSA) is 128 Å². The summed E-state index contributed by atoms with van der Waals surface area (Å²) < 4.78 is 24.3. The lowest BCUT2D eigenvalue weighted by molar-refractivity contribution is -0.373. The van der Waals surface area contributed by atoms with Gasteiger partial charge in [0.1, 0.15) is 17.9 Å². The van der Waals surface area contributed by atoms with Crippen molar-refractivity contribution in [1.82, 2.24) is 5.16 Å². The van der Waals surface area contributed by atoms with Crippen LogP contribution in [0.4, 0.5) is 0 Å². The van der Waals surface area contributed by atoms with Crippen LogP contribution >= 0.6 is 0 Å². The Morgan fingerprint density at radius 2 is 1.86 bits per heavy atom. The summed E-state index contributed by atoms with van der Waals surface area (Å²) >= 11 is 0. The first-order chi connectivity index (χ1) is 19.5. The first-order valence-corrected chi connectivity index (χ1v) is 14.6. The van der Waals surface area contributed by atoms with Crippen LogP contribution in [0.15, 0.2) is 47.5 Å². The van der Waals surface area contributed by atoms with Crippen LogP contribution in [0, 0.1) is 23.7 Å². The zero-order valence-corrected chi connectivity index (χ0v) is 25.6. The number of carbonyl (C=O) groups is 2. The smallest absolute Gasteiger partial charge is 0.303 e. The Hall–Kier alpha value is -2.85. The van der Waals surface area contributed by atoms with Crippen LogP contribution in [-0.4, -0.2) is 62.2 Å². The maximum Gasteiger partial charge on any atom is 0.303 e. The fourth-order valence-corrected chi connectivity index (χ4v) is 8.32. The van der Waals surface area contributed by atoms with Crippen molar-refractivity contribution in [3.8, 4) is 11.3 Å². The second kappa shape index (κ2) is 10.1. The second-order valence-electron chi connectivity index (χ2n) is 13.7. The van der Waals surface area contributed by atoms with Crippen LogP contribution in [0.1, 0.15) is 72.1 Å². The molecule has 2 saturated carbocycles. The van der Waals surface area contributed by atoms with Crippen LogP contribution in [0.25, 0.3) is 11.3 Å². The minimum absolute atomic E-state index is 0.0436. The number of hydrogen-bond acceptors (Lipinski definition) is 9. The molecule has 2 heterocycles. The van der Waals surface area contributed by atoms with Gasteiger partial charge in [0, 0.05) is 36.3 Å². The fraction of sp³-hybridized carbons (Fsp3) is 0.606. The first-order valence-electron chi connectivity index (χ1n) is 14.6. The highest BCUT2D eigenvalue weighted by Crippen LogP contribution is 2.67. The summed E-state index contributed by atoms with van der Waals surface area (Å²) in [6, 6.07) is 9.75. The molecule has 9 heteroatoms. The number of benzene rings is 1. The van der Waals surface area contributed by atoms with E-state index in [1.165, 1.54) is 13.0 Å². The highest BCUT2D eigenvalue weighted by Gasteiger charge is 2.81. The van der Waals surface area contributed by atoms with Crippen LogP contribution < -0.4 is 0 Å². The molecule has 3 fully saturated rings. The van der Waals surface area contributed by atoms with Gasteiger partial charge in [0.25, 0.3) is 0 Å². The van der Waals surface area contributed by atoms with Gasteiger partial charge in [-0.1, -0.05) is 61.8 Å². The minimum Gasteiger partial charge on any atom is -0.457 e. The van der Waals surface area contributed by atoms with E-state index in [-0.39, 0.29) is 13.0 Å². The number of ether oxygens (including phenoxy) is 3. The Kier molecular flexibility index (Phi) is 7.37. The van der Waals surface area contributed by atoms with E-state index in [0.717, 1.165) is 11.1 Å². The highest BCUT2D eigenvalue weighted by molar-refractivity contribution is 5.92. The maximum absolute atomic E-state index is 14.3. The molecule has 0 unspecified atom stereocenters. The number of aromatic nitrogens is 1. The molecule has 1 saturated heterocycles. The number of hydrogen-bond donors (Lipinski definition) is 2. The predicted octanol–water partition coefficient (Wildman–Crippen LogP) is 4.71. The number of carbonyl (C=O) groups excluding carboxylic acids is 2. The van der Waals surface area contributed by atoms with E-state index in [1.807, 2.05) is 51.1 Å². The number of Topliss-reactive ketones (excluding diaryl/α,β-unsaturated/α-hetero) is 1. The molecule has 2 aromatic rings. The molecule has 3 aliphatic rings. The Balaban J connectivity index is 1.56. The molecule has 1 aliphatic heterocycles. The largest absolute Gasteiger partial charge is 0.457 e. The summed E-state index contributed by atoms with van der Waals surface area (Å²) in [5.41, 5.74) is -4.29. The van der Waals surface area contributed by atoms with Crippen LogP contribution in [0.5, 0.6) is 0 Å². The van der Waals surface area contributed by atoms with Crippen LogP contribution in [0.3, 0.4) is 0 Å². The summed E-state index contributed by atoms with van der Waals surface area (Å²) in [6.07, 6.45) is -0.734. The van der Waals surface area contributed by atoms with Crippen molar-refractivity contribution in [3.05, 3.63) is 54.3 Å². The highest BCUT2D eigenvalue weighted by atomic mass is 16.6. The van der Waals surface area contributed by atoms with Gasteiger partial charge in [-0.15, -0.1) is 6.58 Å². The zero-order valence-electron chi connectivity index (χ0n) is 25.6. The molecule has 9 nitrogen and oxygen atoms in total. The van der Waals surface area contributed by atoms with Crippen molar-refractivity contribution in [1.29, 1.82) is 0 Å². The molecule has 228 valence electrons. The van der Waals surface area contributed by atoms with Crippen molar-refractivity contribution in [2.24, 2.45) is 16.7 Å². The Morgan fingerprint density at radius 1 is 1.19 bits per heavy atom. The van der Waals surface area contributed by atoms with Gasteiger partial charge in [-0.05, 0) is 39.0 Å². The lowest BCUT2D eigenvalue weighted by atomic mass is 9.39. The molecular formula is C33H43NO8. The summed E-state index contributed by atoms with van der Waals surface area (Å²) in [5.74, 6) is -1.32. The van der Waals surface area contributed by atoms with Gasteiger partial charge in [0.2, 0.25) is 0 Å². The molecule has 0 radical (unpaired) electrons. The monoisotopic (exact) mass is 581 g/mol. The number of aliphatic hydroxyl groups excluding tert-OH is 1. The third-order valence-corrected chi connectivity index (χ3v) is 10.3. The van der Waals surface area contributed by atoms with Crippen molar-refractivity contribution >= 4 is 11.8 Å². The zero-order chi connectivity index (χ0) is 30.9. The van der Waals surface area contributed by atoms with Crippen molar-refractivity contribution in [3.63, 3.8) is 0 Å². The minimum atomic E-state index is -2.18.